The quantitative estimate of drug-likeness (QED) is 0.676. The Hall–Kier alpha value is -0.570. The Kier molecular flexibility index (Phi) is 4.94. The highest BCUT2D eigenvalue weighted by atomic mass is 16.2. The van der Waals surface area contributed by atoms with Crippen LogP contribution in [0.5, 0.6) is 0 Å². The highest BCUT2D eigenvalue weighted by Crippen LogP contribution is 2.17. The monoisotopic (exact) mass is 198 g/mol. The maximum absolute atomic E-state index is 11.5. The largest absolute Gasteiger partial charge is 0.352 e. The van der Waals surface area contributed by atoms with Crippen molar-refractivity contribution in [1.29, 1.82) is 0 Å². The molecule has 1 atom stereocenters. The number of nitrogens with one attached hydrogen (secondary N) is 1. The molecule has 0 radical (unpaired) electrons. The number of hydrogen-bond donors (Lipinski definition) is 2. The zero-order valence-corrected chi connectivity index (χ0v) is 9.09. The second-order valence-corrected chi connectivity index (χ2v) is 4.21. The topological polar surface area (TPSA) is 55.1 Å². The molecule has 1 saturated carbocycles. The van der Waals surface area contributed by atoms with Crippen molar-refractivity contribution in [3.05, 3.63) is 0 Å². The minimum Gasteiger partial charge on any atom is -0.352 e. The Morgan fingerprint density at radius 3 is 2.43 bits per heavy atom. The fourth-order valence-corrected chi connectivity index (χ4v) is 1.92. The van der Waals surface area contributed by atoms with Crippen LogP contribution in [-0.2, 0) is 4.79 Å². The molecule has 82 valence electrons. The molecule has 1 amide bonds. The van der Waals surface area contributed by atoms with Gasteiger partial charge in [-0.2, -0.15) is 0 Å². The first-order valence-corrected chi connectivity index (χ1v) is 5.80. The molecule has 3 nitrogen and oxygen atoms in total. The molecule has 3 N–H and O–H groups in total. The van der Waals surface area contributed by atoms with Gasteiger partial charge in [0, 0.05) is 6.04 Å². The average Bonchev–Trinajstić information content (AvgIpc) is 2.45. The molecule has 0 saturated heterocycles. The molecule has 0 aliphatic heterocycles. The van der Waals surface area contributed by atoms with Gasteiger partial charge in [-0.3, -0.25) is 4.79 Å². The highest BCUT2D eigenvalue weighted by Gasteiger charge is 2.17. The Bertz CT molecular complexity index is 174. The zero-order valence-electron chi connectivity index (χ0n) is 9.09. The Labute approximate surface area is 86.4 Å². The number of carbonyl (C=O) groups is 1. The second-order valence-electron chi connectivity index (χ2n) is 4.21. The molecular formula is C11H22N2O. The van der Waals surface area contributed by atoms with Crippen LogP contribution in [0.2, 0.25) is 0 Å². The zero-order chi connectivity index (χ0) is 10.4. The summed E-state index contributed by atoms with van der Waals surface area (Å²) in [6, 6.07) is 0.0563. The molecule has 0 bridgehead atoms. The van der Waals surface area contributed by atoms with Gasteiger partial charge in [0.1, 0.15) is 0 Å². The van der Waals surface area contributed by atoms with Crippen LogP contribution in [0.3, 0.4) is 0 Å². The predicted molar refractivity (Wildman–Crippen MR) is 57.9 cm³/mol. The van der Waals surface area contributed by atoms with Gasteiger partial charge in [0.05, 0.1) is 6.04 Å². The van der Waals surface area contributed by atoms with E-state index in [2.05, 4.69) is 5.32 Å². The molecule has 0 heterocycles. The van der Waals surface area contributed by atoms with Crippen molar-refractivity contribution in [3.8, 4) is 0 Å². The summed E-state index contributed by atoms with van der Waals surface area (Å²) in [6.07, 6.45) is 8.08. The number of carbonyl (C=O) groups excluding carboxylic acids is 1. The maximum Gasteiger partial charge on any atom is 0.237 e. The molecular weight excluding hydrogens is 176 g/mol. The van der Waals surface area contributed by atoms with Crippen LogP contribution in [0.4, 0.5) is 0 Å². The maximum atomic E-state index is 11.5. The Morgan fingerprint density at radius 2 is 1.93 bits per heavy atom. The molecule has 1 fully saturated rings. The summed E-state index contributed by atoms with van der Waals surface area (Å²) < 4.78 is 0. The second kappa shape index (κ2) is 6.02. The first-order chi connectivity index (χ1) is 6.74. The van der Waals surface area contributed by atoms with Crippen LogP contribution in [-0.4, -0.2) is 18.0 Å². The lowest BCUT2D eigenvalue weighted by Crippen LogP contribution is -2.44. The van der Waals surface area contributed by atoms with Gasteiger partial charge >= 0.3 is 0 Å². The number of rotatable bonds is 3. The van der Waals surface area contributed by atoms with Gasteiger partial charge in [-0.25, -0.2) is 0 Å². The molecule has 1 aliphatic carbocycles. The van der Waals surface area contributed by atoms with Crippen LogP contribution in [0.1, 0.15) is 51.9 Å². The van der Waals surface area contributed by atoms with E-state index in [1.54, 1.807) is 0 Å². The van der Waals surface area contributed by atoms with Gasteiger partial charge in [0.2, 0.25) is 5.91 Å². The lowest BCUT2D eigenvalue weighted by atomic mass is 10.1. The smallest absolute Gasteiger partial charge is 0.237 e. The van der Waals surface area contributed by atoms with Crippen molar-refractivity contribution in [2.45, 2.75) is 64.0 Å². The van der Waals surface area contributed by atoms with Crippen molar-refractivity contribution in [3.63, 3.8) is 0 Å². The van der Waals surface area contributed by atoms with Gasteiger partial charge in [0.25, 0.3) is 0 Å². The fraction of sp³-hybridized carbons (Fsp3) is 0.909. The van der Waals surface area contributed by atoms with Crippen molar-refractivity contribution in [1.82, 2.24) is 5.32 Å². The molecule has 1 unspecified atom stereocenters. The van der Waals surface area contributed by atoms with Crippen LogP contribution in [0.25, 0.3) is 0 Å². The summed E-state index contributed by atoms with van der Waals surface area (Å²) in [6.45, 7) is 1.94. The molecule has 0 spiro atoms. The van der Waals surface area contributed by atoms with E-state index in [1.807, 2.05) is 6.92 Å². The third-order valence-corrected chi connectivity index (χ3v) is 2.98. The first kappa shape index (κ1) is 11.5. The Morgan fingerprint density at radius 1 is 1.36 bits per heavy atom. The average molecular weight is 198 g/mol. The van der Waals surface area contributed by atoms with E-state index in [1.165, 1.54) is 25.7 Å². The summed E-state index contributed by atoms with van der Waals surface area (Å²) >= 11 is 0. The van der Waals surface area contributed by atoms with E-state index in [0.717, 1.165) is 19.3 Å². The molecule has 1 aliphatic rings. The van der Waals surface area contributed by atoms with Gasteiger partial charge in [0.15, 0.2) is 0 Å². The van der Waals surface area contributed by atoms with Gasteiger partial charge < -0.3 is 11.1 Å². The lowest BCUT2D eigenvalue weighted by Gasteiger charge is -2.18. The number of amides is 1. The van der Waals surface area contributed by atoms with Crippen LogP contribution >= 0.6 is 0 Å². The minimum atomic E-state index is -0.321. The summed E-state index contributed by atoms with van der Waals surface area (Å²) in [4.78, 5) is 11.5. The standard InChI is InChI=1S/C11H22N2O/c1-2-10(12)11(14)13-9-7-5-3-4-6-8-9/h9-10H,2-8,12H2,1H3,(H,13,14). The van der Waals surface area contributed by atoms with E-state index >= 15 is 0 Å². The van der Waals surface area contributed by atoms with E-state index < -0.39 is 0 Å². The Balaban J connectivity index is 2.30. The van der Waals surface area contributed by atoms with Crippen molar-refractivity contribution in [2.24, 2.45) is 5.73 Å². The SMILES string of the molecule is CCC(N)C(=O)NC1CCCCCC1. The normalized spacial score (nSPS) is 21.3. The fourth-order valence-electron chi connectivity index (χ4n) is 1.92. The number of nitrogens with two attached hydrogens (primary N) is 1. The third kappa shape index (κ3) is 3.66. The molecule has 0 aromatic carbocycles. The molecule has 0 aromatic rings. The third-order valence-electron chi connectivity index (χ3n) is 2.98. The van der Waals surface area contributed by atoms with Crippen molar-refractivity contribution in [2.75, 3.05) is 0 Å². The van der Waals surface area contributed by atoms with E-state index in [-0.39, 0.29) is 11.9 Å². The van der Waals surface area contributed by atoms with Gasteiger partial charge in [-0.1, -0.05) is 32.6 Å². The minimum absolute atomic E-state index is 0.0272. The van der Waals surface area contributed by atoms with E-state index in [4.69, 9.17) is 5.73 Å². The molecule has 1 rings (SSSR count). The number of hydrogen-bond acceptors (Lipinski definition) is 2. The molecule has 14 heavy (non-hydrogen) atoms. The molecule has 3 heteroatoms. The van der Waals surface area contributed by atoms with Gasteiger partial charge in [-0.05, 0) is 19.3 Å². The lowest BCUT2D eigenvalue weighted by molar-refractivity contribution is -0.123. The highest BCUT2D eigenvalue weighted by molar-refractivity contribution is 5.81. The summed E-state index contributed by atoms with van der Waals surface area (Å²) in [5.74, 6) is 0.0272. The predicted octanol–water partition coefficient (Wildman–Crippen LogP) is 1.56. The first-order valence-electron chi connectivity index (χ1n) is 5.80. The summed E-state index contributed by atoms with van der Waals surface area (Å²) in [7, 11) is 0. The molecule has 0 aromatic heterocycles. The van der Waals surface area contributed by atoms with Crippen molar-refractivity contribution < 1.29 is 4.79 Å². The van der Waals surface area contributed by atoms with E-state index in [9.17, 15) is 4.79 Å². The van der Waals surface area contributed by atoms with Gasteiger partial charge in [-0.15, -0.1) is 0 Å². The van der Waals surface area contributed by atoms with Crippen LogP contribution in [0, 0.1) is 0 Å². The van der Waals surface area contributed by atoms with Crippen LogP contribution < -0.4 is 11.1 Å². The summed E-state index contributed by atoms with van der Waals surface area (Å²) in [5.41, 5.74) is 5.66. The van der Waals surface area contributed by atoms with Crippen LogP contribution in [0.15, 0.2) is 0 Å². The van der Waals surface area contributed by atoms with Crippen molar-refractivity contribution >= 4 is 5.91 Å². The van der Waals surface area contributed by atoms with E-state index in [0.29, 0.717) is 6.04 Å². The summed E-state index contributed by atoms with van der Waals surface area (Å²) in [5, 5.41) is 3.05.